The van der Waals surface area contributed by atoms with E-state index in [-0.39, 0.29) is 17.7 Å². The number of piperidine rings is 1. The monoisotopic (exact) mass is 411 g/mol. The van der Waals surface area contributed by atoms with E-state index in [2.05, 4.69) is 5.32 Å². The molecule has 0 aromatic carbocycles. The zero-order valence-corrected chi connectivity index (χ0v) is 18.9. The molecule has 3 amide bonds. The predicted molar refractivity (Wildman–Crippen MR) is 109 cm³/mol. The summed E-state index contributed by atoms with van der Waals surface area (Å²) in [5.74, 6) is -0.425. The van der Waals surface area contributed by atoms with Gasteiger partial charge in [-0.25, -0.2) is 4.79 Å². The molecule has 29 heavy (non-hydrogen) atoms. The normalized spacial score (nSPS) is 26.9. The number of rotatable bonds is 4. The van der Waals surface area contributed by atoms with Crippen LogP contribution in [0.15, 0.2) is 0 Å². The van der Waals surface area contributed by atoms with E-state index in [0.29, 0.717) is 19.6 Å². The zero-order chi connectivity index (χ0) is 22.0. The maximum atomic E-state index is 13.4. The van der Waals surface area contributed by atoms with Gasteiger partial charge in [0.05, 0.1) is 12.0 Å². The van der Waals surface area contributed by atoms with Crippen molar-refractivity contribution < 1.29 is 23.9 Å². The van der Waals surface area contributed by atoms with Crippen molar-refractivity contribution in [2.24, 2.45) is 5.92 Å². The fourth-order valence-corrected chi connectivity index (χ4v) is 4.05. The van der Waals surface area contributed by atoms with Crippen LogP contribution in [0.5, 0.6) is 0 Å². The van der Waals surface area contributed by atoms with E-state index in [1.165, 1.54) is 4.90 Å². The third kappa shape index (κ3) is 5.62. The van der Waals surface area contributed by atoms with Crippen LogP contribution in [0, 0.1) is 5.92 Å². The van der Waals surface area contributed by atoms with Gasteiger partial charge in [-0.2, -0.15) is 0 Å². The maximum Gasteiger partial charge on any atom is 0.413 e. The van der Waals surface area contributed by atoms with Crippen LogP contribution in [0.25, 0.3) is 0 Å². The molecule has 3 atom stereocenters. The quantitative estimate of drug-likeness (QED) is 0.768. The Kier molecular flexibility index (Phi) is 7.19. The lowest BCUT2D eigenvalue weighted by atomic mass is 9.96. The van der Waals surface area contributed by atoms with Gasteiger partial charge < -0.3 is 19.7 Å². The van der Waals surface area contributed by atoms with E-state index in [0.717, 1.165) is 19.3 Å². The molecule has 2 saturated heterocycles. The van der Waals surface area contributed by atoms with E-state index in [9.17, 15) is 14.4 Å². The number of nitrogens with zero attached hydrogens (tertiary/aromatic N) is 2. The highest BCUT2D eigenvalue weighted by molar-refractivity contribution is 5.88. The van der Waals surface area contributed by atoms with Gasteiger partial charge in [-0.1, -0.05) is 6.92 Å². The lowest BCUT2D eigenvalue weighted by molar-refractivity contribution is -0.141. The van der Waals surface area contributed by atoms with Crippen LogP contribution >= 0.6 is 0 Å². The Morgan fingerprint density at radius 2 is 1.90 bits per heavy atom. The summed E-state index contributed by atoms with van der Waals surface area (Å²) in [4.78, 5) is 41.8. The average Bonchev–Trinajstić information content (AvgIpc) is 2.86. The van der Waals surface area contributed by atoms with Gasteiger partial charge in [-0.05, 0) is 60.8 Å². The summed E-state index contributed by atoms with van der Waals surface area (Å²) >= 11 is 0. The minimum absolute atomic E-state index is 0.00982. The number of carbonyl (C=O) groups is 3. The van der Waals surface area contributed by atoms with Gasteiger partial charge in [0.25, 0.3) is 0 Å². The minimum Gasteiger partial charge on any atom is -0.444 e. The molecular formula is C21H37N3O5. The van der Waals surface area contributed by atoms with Crippen molar-refractivity contribution in [3.63, 3.8) is 0 Å². The number of amides is 3. The highest BCUT2D eigenvalue weighted by Crippen LogP contribution is 2.35. The van der Waals surface area contributed by atoms with Crippen LogP contribution in [0.3, 0.4) is 0 Å². The van der Waals surface area contributed by atoms with E-state index in [4.69, 9.17) is 9.47 Å². The summed E-state index contributed by atoms with van der Waals surface area (Å²) in [5.41, 5.74) is -1.64. The van der Waals surface area contributed by atoms with E-state index in [1.807, 2.05) is 6.92 Å². The molecular weight excluding hydrogens is 374 g/mol. The number of likely N-dealkylation sites (tertiary alicyclic amines) is 1. The summed E-state index contributed by atoms with van der Waals surface area (Å²) in [5, 5.41) is 2.92. The second-order valence-electron chi connectivity index (χ2n) is 9.48. The topological polar surface area (TPSA) is 88.2 Å². The lowest BCUT2D eigenvalue weighted by Gasteiger charge is -2.38. The van der Waals surface area contributed by atoms with Crippen molar-refractivity contribution >= 4 is 17.9 Å². The van der Waals surface area contributed by atoms with Crippen molar-refractivity contribution in [3.8, 4) is 0 Å². The molecule has 2 fully saturated rings. The SMILES string of the molecule is CCCNC(=O)C1CCCN(C(=O)C2C(C)OC(C)(C)N2C(=O)OC(C)(C)C)C1. The second kappa shape index (κ2) is 8.90. The summed E-state index contributed by atoms with van der Waals surface area (Å²) < 4.78 is 11.5. The Morgan fingerprint density at radius 1 is 1.24 bits per heavy atom. The first-order chi connectivity index (χ1) is 13.4. The molecule has 2 heterocycles. The van der Waals surface area contributed by atoms with Crippen molar-refractivity contribution in [2.75, 3.05) is 19.6 Å². The van der Waals surface area contributed by atoms with E-state index >= 15 is 0 Å². The Hall–Kier alpha value is -1.83. The second-order valence-corrected chi connectivity index (χ2v) is 9.48. The molecule has 8 nitrogen and oxygen atoms in total. The first-order valence-corrected chi connectivity index (χ1v) is 10.6. The summed E-state index contributed by atoms with van der Waals surface area (Å²) in [6.45, 7) is 14.3. The van der Waals surface area contributed by atoms with Gasteiger partial charge in [0.15, 0.2) is 0 Å². The van der Waals surface area contributed by atoms with Crippen LogP contribution in [0.1, 0.15) is 67.7 Å². The van der Waals surface area contributed by atoms with Gasteiger partial charge in [0.1, 0.15) is 17.4 Å². The molecule has 2 rings (SSSR count). The van der Waals surface area contributed by atoms with Crippen molar-refractivity contribution in [1.82, 2.24) is 15.1 Å². The first-order valence-electron chi connectivity index (χ1n) is 10.6. The van der Waals surface area contributed by atoms with E-state index < -0.39 is 29.6 Å². The van der Waals surface area contributed by atoms with Crippen LogP contribution in [-0.4, -0.2) is 70.8 Å². The Labute approximate surface area is 174 Å². The number of hydrogen-bond acceptors (Lipinski definition) is 5. The fraction of sp³-hybridized carbons (Fsp3) is 0.857. The van der Waals surface area contributed by atoms with Gasteiger partial charge >= 0.3 is 6.09 Å². The van der Waals surface area contributed by atoms with Crippen molar-refractivity contribution in [3.05, 3.63) is 0 Å². The van der Waals surface area contributed by atoms with Crippen molar-refractivity contribution in [2.45, 2.75) is 91.2 Å². The Balaban J connectivity index is 2.17. The van der Waals surface area contributed by atoms with Crippen LogP contribution < -0.4 is 5.32 Å². The number of hydrogen-bond donors (Lipinski definition) is 1. The summed E-state index contributed by atoms with van der Waals surface area (Å²) in [6.07, 6.45) is 1.35. The third-order valence-electron chi connectivity index (χ3n) is 5.27. The van der Waals surface area contributed by atoms with Gasteiger partial charge in [-0.3, -0.25) is 14.5 Å². The molecule has 0 aromatic heterocycles. The van der Waals surface area contributed by atoms with Gasteiger partial charge in [-0.15, -0.1) is 0 Å². The minimum atomic E-state index is -0.963. The molecule has 8 heteroatoms. The molecule has 2 aliphatic heterocycles. The molecule has 2 aliphatic rings. The molecule has 1 N–H and O–H groups in total. The average molecular weight is 412 g/mol. The highest BCUT2D eigenvalue weighted by atomic mass is 16.6. The third-order valence-corrected chi connectivity index (χ3v) is 5.27. The standard InChI is InChI=1S/C21H37N3O5/c1-8-11-22-17(25)15-10-9-12-23(13-15)18(26)16-14(2)28-21(6,7)24(16)19(27)29-20(3,4)5/h14-16H,8-13H2,1-7H3,(H,22,25). The van der Waals surface area contributed by atoms with Crippen LogP contribution in [-0.2, 0) is 19.1 Å². The largest absolute Gasteiger partial charge is 0.444 e. The number of ether oxygens (including phenoxy) is 2. The first kappa shape index (κ1) is 23.4. The van der Waals surface area contributed by atoms with Gasteiger partial charge in [0, 0.05) is 19.6 Å². The Bertz CT molecular complexity index is 628. The molecule has 0 radical (unpaired) electrons. The molecule has 0 aromatic rings. The molecule has 0 aliphatic carbocycles. The molecule has 3 unspecified atom stereocenters. The van der Waals surface area contributed by atoms with Crippen molar-refractivity contribution in [1.29, 1.82) is 0 Å². The summed E-state index contributed by atoms with van der Waals surface area (Å²) in [7, 11) is 0. The Morgan fingerprint density at radius 3 is 2.48 bits per heavy atom. The number of carbonyl (C=O) groups excluding carboxylic acids is 3. The predicted octanol–water partition coefficient (Wildman–Crippen LogP) is 2.51. The fourth-order valence-electron chi connectivity index (χ4n) is 4.05. The number of nitrogens with one attached hydrogen (secondary N) is 1. The molecule has 166 valence electrons. The molecule has 0 bridgehead atoms. The van der Waals surface area contributed by atoms with Crippen LogP contribution in [0.2, 0.25) is 0 Å². The lowest BCUT2D eigenvalue weighted by Crippen LogP contribution is -2.58. The van der Waals surface area contributed by atoms with E-state index in [1.54, 1.807) is 46.4 Å². The maximum absolute atomic E-state index is 13.4. The molecule has 0 spiro atoms. The highest BCUT2D eigenvalue weighted by Gasteiger charge is 2.54. The van der Waals surface area contributed by atoms with Crippen LogP contribution in [0.4, 0.5) is 4.79 Å². The zero-order valence-electron chi connectivity index (χ0n) is 18.9. The molecule has 0 saturated carbocycles. The van der Waals surface area contributed by atoms with Gasteiger partial charge in [0.2, 0.25) is 11.8 Å². The smallest absolute Gasteiger partial charge is 0.413 e. The summed E-state index contributed by atoms with van der Waals surface area (Å²) in [6, 6.07) is -0.780.